The summed E-state index contributed by atoms with van der Waals surface area (Å²) in [7, 11) is 1.64. The second-order valence-corrected chi connectivity index (χ2v) is 37.1. The number of halogens is 10. The van der Waals surface area contributed by atoms with E-state index in [9.17, 15) is 24.6 Å². The number of carbonyl (C=O) groups is 3. The van der Waals surface area contributed by atoms with Crippen molar-refractivity contribution in [3.8, 4) is 67.1 Å². The number of methoxy groups -OCH3 is 1. The molecule has 11 nitrogen and oxygen atoms in total. The SMILES string of the molecule is C=C1c2cc(Br)ccc2-c2ccc(Br)cc21.CC1(O)c2cc(Br)ccc2-c2ccc(Br)cc21.CCOC(=O)c1cc(C2(C)c3cc(Br)ccc3-c3ccc(Br)cc32)ccc1O.CCOC(=O)c1cc(C2(C)c3cc(Br)ccc3-c3ccc(Br)cc32)ccc1OCCOCCOCCOC.O=C1c2cc(Br)ccc2-c2ccc(Br)cc21. The Morgan fingerprint density at radius 2 is 0.635 bits per heavy atom. The Labute approximate surface area is 753 Å². The summed E-state index contributed by atoms with van der Waals surface area (Å²) >= 11 is 35.2. The number of phenolic OH excluding ortho intramolecular Hbond substituents is 1. The lowest BCUT2D eigenvalue weighted by Gasteiger charge is -2.29. The molecule has 12 aromatic carbocycles. The lowest BCUT2D eigenvalue weighted by molar-refractivity contribution is 0.0178. The fourth-order valence-corrected chi connectivity index (χ4v) is 19.0. The Hall–Kier alpha value is -6.77. The highest BCUT2D eigenvalue weighted by molar-refractivity contribution is 9.12. The molecule has 0 bridgehead atoms. The number of rotatable bonds is 16. The first kappa shape index (κ1) is 86.1. The van der Waals surface area contributed by atoms with Gasteiger partial charge in [-0.2, -0.15) is 0 Å². The van der Waals surface area contributed by atoms with E-state index in [2.05, 4.69) is 277 Å². The molecule has 0 amide bonds. The molecule has 0 spiro atoms. The second-order valence-electron chi connectivity index (χ2n) is 28.0. The van der Waals surface area contributed by atoms with E-state index in [4.69, 9.17) is 28.4 Å². The third-order valence-electron chi connectivity index (χ3n) is 21.0. The number of esters is 2. The summed E-state index contributed by atoms with van der Waals surface area (Å²) in [5.74, 6) is -0.437. The monoisotopic (exact) mass is 2170 g/mol. The number of hydrogen-bond donors (Lipinski definition) is 2. The highest BCUT2D eigenvalue weighted by atomic mass is 79.9. The number of phenols is 1. The van der Waals surface area contributed by atoms with E-state index >= 15 is 0 Å². The Morgan fingerprint density at radius 1 is 0.348 bits per heavy atom. The van der Waals surface area contributed by atoms with Gasteiger partial charge in [0.15, 0.2) is 5.78 Å². The zero-order chi connectivity index (χ0) is 81.9. The largest absolute Gasteiger partial charge is 0.507 e. The van der Waals surface area contributed by atoms with Crippen LogP contribution in [0, 0.1) is 0 Å². The van der Waals surface area contributed by atoms with Gasteiger partial charge in [0.2, 0.25) is 0 Å². The molecule has 0 aliphatic heterocycles. The minimum Gasteiger partial charge on any atom is -0.507 e. The van der Waals surface area contributed by atoms with Crippen molar-refractivity contribution in [2.24, 2.45) is 0 Å². The van der Waals surface area contributed by atoms with Crippen LogP contribution in [-0.2, 0) is 40.1 Å². The van der Waals surface area contributed by atoms with Gasteiger partial charge in [-0.15, -0.1) is 0 Å². The quantitative estimate of drug-likeness (QED) is 0.0704. The van der Waals surface area contributed by atoms with Crippen molar-refractivity contribution in [2.75, 3.05) is 60.0 Å². The van der Waals surface area contributed by atoms with E-state index < -0.39 is 28.4 Å². The summed E-state index contributed by atoms with van der Waals surface area (Å²) in [4.78, 5) is 37.5. The van der Waals surface area contributed by atoms with Crippen molar-refractivity contribution in [1.82, 2.24) is 0 Å². The fourth-order valence-electron chi connectivity index (χ4n) is 15.4. The summed E-state index contributed by atoms with van der Waals surface area (Å²) in [6.45, 7) is 17.2. The van der Waals surface area contributed by atoms with Crippen molar-refractivity contribution >= 4 is 183 Å². The molecule has 0 fully saturated rings. The predicted molar refractivity (Wildman–Crippen MR) is 493 cm³/mol. The van der Waals surface area contributed by atoms with Gasteiger partial charge in [0, 0.05) is 73.8 Å². The molecule has 586 valence electrons. The molecular formula is C94H74Br10O11. The van der Waals surface area contributed by atoms with Crippen LogP contribution in [0.3, 0.4) is 0 Å². The third-order valence-corrected chi connectivity index (χ3v) is 26.0. The Morgan fingerprint density at radius 3 is 1.00 bits per heavy atom. The lowest BCUT2D eigenvalue weighted by Crippen LogP contribution is -2.23. The van der Waals surface area contributed by atoms with Gasteiger partial charge in [-0.1, -0.05) is 239 Å². The van der Waals surface area contributed by atoms with Gasteiger partial charge in [-0.05, 0) is 297 Å². The molecular weight excluding hydrogens is 2100 g/mol. The molecule has 17 rings (SSSR count). The molecule has 5 aliphatic rings. The van der Waals surface area contributed by atoms with Crippen molar-refractivity contribution in [1.29, 1.82) is 0 Å². The Balaban J connectivity index is 0.000000131. The molecule has 0 saturated carbocycles. The van der Waals surface area contributed by atoms with E-state index in [1.54, 1.807) is 33.1 Å². The zero-order valence-electron chi connectivity index (χ0n) is 63.0. The maximum absolute atomic E-state index is 13.0. The first-order valence-corrected chi connectivity index (χ1v) is 44.6. The van der Waals surface area contributed by atoms with Crippen LogP contribution in [0.2, 0.25) is 0 Å². The zero-order valence-corrected chi connectivity index (χ0v) is 78.9. The summed E-state index contributed by atoms with van der Waals surface area (Å²) in [6, 6.07) is 72.7. The maximum Gasteiger partial charge on any atom is 0.341 e. The average molecular weight is 2180 g/mol. The fraction of sp³-hybridized carbons (Fsp3) is 0.181. The highest BCUT2D eigenvalue weighted by Crippen LogP contribution is 2.57. The van der Waals surface area contributed by atoms with E-state index in [0.29, 0.717) is 51.0 Å². The van der Waals surface area contributed by atoms with Gasteiger partial charge >= 0.3 is 11.9 Å². The number of benzene rings is 12. The summed E-state index contributed by atoms with van der Waals surface area (Å²) in [6.07, 6.45) is 0. The second kappa shape index (κ2) is 36.8. The van der Waals surface area contributed by atoms with E-state index in [1.807, 2.05) is 116 Å². The van der Waals surface area contributed by atoms with Gasteiger partial charge in [0.1, 0.15) is 34.8 Å². The van der Waals surface area contributed by atoms with E-state index in [1.165, 1.54) is 55.6 Å². The van der Waals surface area contributed by atoms with Crippen molar-refractivity contribution < 1.29 is 53.0 Å². The smallest absolute Gasteiger partial charge is 0.341 e. The molecule has 115 heavy (non-hydrogen) atoms. The number of ether oxygens (including phenoxy) is 6. The van der Waals surface area contributed by atoms with Crippen LogP contribution in [0.1, 0.15) is 127 Å². The Bertz CT molecular complexity index is 5460. The molecule has 0 atom stereocenters. The van der Waals surface area contributed by atoms with E-state index in [0.717, 1.165) is 117 Å². The van der Waals surface area contributed by atoms with Crippen LogP contribution in [0.5, 0.6) is 11.5 Å². The van der Waals surface area contributed by atoms with Gasteiger partial charge in [0.25, 0.3) is 0 Å². The van der Waals surface area contributed by atoms with Gasteiger partial charge < -0.3 is 38.6 Å². The minimum absolute atomic E-state index is 0.0762. The van der Waals surface area contributed by atoms with Crippen molar-refractivity contribution in [2.45, 2.75) is 51.0 Å². The van der Waals surface area contributed by atoms with Gasteiger partial charge in [-0.25, -0.2) is 9.59 Å². The molecule has 0 aromatic heterocycles. The highest BCUT2D eigenvalue weighted by Gasteiger charge is 2.44. The topological polar surface area (TPSA) is 147 Å². The molecule has 21 heteroatoms. The van der Waals surface area contributed by atoms with Crippen LogP contribution in [0.15, 0.2) is 270 Å². The molecule has 0 radical (unpaired) electrons. The summed E-state index contributed by atoms with van der Waals surface area (Å²) < 4.78 is 42.5. The van der Waals surface area contributed by atoms with Crippen LogP contribution >= 0.6 is 159 Å². The normalized spacial score (nSPS) is 13.5. The first-order chi connectivity index (χ1) is 55.1. The number of carbonyl (C=O) groups excluding carboxylic acids is 3. The van der Waals surface area contributed by atoms with Gasteiger partial charge in [-0.3, -0.25) is 4.79 Å². The number of aromatic hydroxyl groups is 1. The molecule has 12 aromatic rings. The van der Waals surface area contributed by atoms with Crippen LogP contribution in [0.4, 0.5) is 0 Å². The average Bonchev–Trinajstić information content (AvgIpc) is 1.56. The van der Waals surface area contributed by atoms with Crippen molar-refractivity contribution in [3.63, 3.8) is 0 Å². The van der Waals surface area contributed by atoms with Crippen molar-refractivity contribution in [3.05, 3.63) is 348 Å². The van der Waals surface area contributed by atoms with Crippen LogP contribution in [0.25, 0.3) is 61.2 Å². The van der Waals surface area contributed by atoms with Crippen LogP contribution in [-0.4, -0.2) is 87.9 Å². The lowest BCUT2D eigenvalue weighted by atomic mass is 9.74. The summed E-state index contributed by atoms with van der Waals surface area (Å²) in [5.41, 5.74) is 23.8. The molecule has 5 aliphatic carbocycles. The molecule has 0 heterocycles. The molecule has 0 saturated heterocycles. The molecule has 0 unspecified atom stereocenters. The van der Waals surface area contributed by atoms with E-state index in [-0.39, 0.29) is 30.3 Å². The maximum atomic E-state index is 13.0. The van der Waals surface area contributed by atoms with Crippen LogP contribution < -0.4 is 4.74 Å². The number of ketones is 1. The number of hydrogen-bond acceptors (Lipinski definition) is 11. The first-order valence-electron chi connectivity index (χ1n) is 36.7. The predicted octanol–water partition coefficient (Wildman–Crippen LogP) is 27.3. The molecule has 2 N–H and O–H groups in total. The summed E-state index contributed by atoms with van der Waals surface area (Å²) in [5, 5.41) is 20.9. The van der Waals surface area contributed by atoms with Gasteiger partial charge in [0.05, 0.1) is 46.2 Å². The standard InChI is InChI=1S/C30H32Br2O6.C23H18Br2O3.C14H10Br2O.C14H8Br2.C13H6Br2O/c1-4-37-29(33)25-17-20(5-10-28(25)38-16-15-36-14-13-35-12-11-34-3)30(2)26-18-21(31)6-8-23(26)24-9-7-22(32)19-27(24)30;1-3-28-22(27)18-10-13(4-9-21(18)26)23(2)19-11-14(24)5-7-16(19)17-8-6-15(25)12-20(17)23;1-14(17)12-6-8(15)2-4-10(12)11-5-3-9(16)7-13(11)14;1-8-13-6-9(15)2-4-11(13)12-5-3-10(16)7-14(8)12;14-7-1-3-9-10-4-2-8(15)6-12(10)13(16)11(9)5-7/h5-10,17-19H,4,11-16H2,1-3H3;4-12,26H,3H2,1-2H3;2-7,17H,1H3;2-7H,1H2;1-6H. The third kappa shape index (κ3) is 17.8. The number of aliphatic hydroxyl groups is 1. The number of fused-ring (bicyclic) bond motifs is 15. The minimum atomic E-state index is -0.918. The Kier molecular flexibility index (Phi) is 27.6.